The molecule has 0 bridgehead atoms. The molecule has 0 amide bonds. The number of allylic oxidation sites excluding steroid dienone is 3. The van der Waals surface area contributed by atoms with E-state index in [2.05, 4.69) is 163 Å². The molecular weight excluding hydrogens is 657 g/mol. The number of para-hydroxylation sites is 2. The summed E-state index contributed by atoms with van der Waals surface area (Å²) in [4.78, 5) is 0. The van der Waals surface area contributed by atoms with E-state index in [1.807, 2.05) is 19.2 Å². The Balaban J connectivity index is 1.31. The standard InChI is InChI=1S/C50H46N4/c1-5-39-41-27-25-37(32-48(41)54(47(39)6-2)38-17-8-7-9-18-38)36-26-29-46(44(31-36)40-19-10-11-21-45(40)52-4)53-50(33(3)15-12-13-30-51)43-28-24-35-23-22-34-16-14-20-42(43)49(34)35/h6-21,24-32,50-53H,2,5,22-23H2,1,3-4H3/b13-12-,33-15+,51-30?. The molecule has 7 aromatic rings. The third-order valence-electron chi connectivity index (χ3n) is 11.1. The normalized spacial score (nSPS) is 13.1. The second-order valence-electron chi connectivity index (χ2n) is 14.1. The molecule has 1 aliphatic rings. The van der Waals surface area contributed by atoms with Gasteiger partial charge in [-0.05, 0) is 124 Å². The van der Waals surface area contributed by atoms with E-state index in [9.17, 15) is 0 Å². The SMILES string of the molecule is C=Cc1c(CC)c2ccc(-c3ccc(NC(/C(C)=C/C=C\C=N)c4ccc5c6c(cccc46)CC5)c(-c4ccccc4NC)c3)cc2n1-c1ccccc1. The Morgan fingerprint density at radius 2 is 1.54 bits per heavy atom. The van der Waals surface area contributed by atoms with Crippen molar-refractivity contribution in [3.8, 4) is 27.9 Å². The number of nitrogens with zero attached hydrogens (tertiary/aromatic N) is 1. The summed E-state index contributed by atoms with van der Waals surface area (Å²) < 4.78 is 2.35. The molecule has 0 fully saturated rings. The minimum absolute atomic E-state index is 0.105. The lowest BCUT2D eigenvalue weighted by atomic mass is 9.90. The first-order valence-electron chi connectivity index (χ1n) is 18.9. The molecule has 0 spiro atoms. The summed E-state index contributed by atoms with van der Waals surface area (Å²) in [6.45, 7) is 8.64. The number of hydrogen-bond acceptors (Lipinski definition) is 3. The number of anilines is 2. The number of rotatable bonds is 12. The van der Waals surface area contributed by atoms with Gasteiger partial charge in [0.1, 0.15) is 0 Å². The van der Waals surface area contributed by atoms with Crippen molar-refractivity contribution in [3.05, 3.63) is 180 Å². The third-order valence-corrected chi connectivity index (χ3v) is 11.1. The Hall–Kier alpha value is -6.39. The number of nitrogens with one attached hydrogen (secondary N) is 3. The highest BCUT2D eigenvalue weighted by molar-refractivity contribution is 5.96. The van der Waals surface area contributed by atoms with Crippen molar-refractivity contribution in [2.75, 3.05) is 17.7 Å². The summed E-state index contributed by atoms with van der Waals surface area (Å²) in [6, 6.07) is 44.1. The molecule has 8 rings (SSSR count). The fourth-order valence-electron chi connectivity index (χ4n) is 8.48. The summed E-state index contributed by atoms with van der Waals surface area (Å²) in [5, 5.41) is 19.1. The van der Waals surface area contributed by atoms with Crippen molar-refractivity contribution in [2.24, 2.45) is 0 Å². The Bertz CT molecular complexity index is 2590. The van der Waals surface area contributed by atoms with Crippen LogP contribution in [0.15, 0.2) is 152 Å². The molecule has 1 atom stereocenters. The van der Waals surface area contributed by atoms with Gasteiger partial charge in [-0.15, -0.1) is 0 Å². The quantitative estimate of drug-likeness (QED) is 0.0877. The van der Waals surface area contributed by atoms with Gasteiger partial charge in [0.05, 0.1) is 11.6 Å². The molecule has 0 radical (unpaired) electrons. The van der Waals surface area contributed by atoms with Gasteiger partial charge in [-0.3, -0.25) is 0 Å². The molecule has 6 aromatic carbocycles. The molecule has 1 unspecified atom stereocenters. The van der Waals surface area contributed by atoms with E-state index in [1.54, 1.807) is 6.08 Å². The number of aromatic nitrogens is 1. The smallest absolute Gasteiger partial charge is 0.0733 e. The largest absolute Gasteiger partial charge is 0.388 e. The Morgan fingerprint density at radius 3 is 2.31 bits per heavy atom. The van der Waals surface area contributed by atoms with E-state index in [1.165, 1.54) is 55.7 Å². The number of fused-ring (bicyclic) bond motifs is 1. The average Bonchev–Trinajstić information content (AvgIpc) is 3.79. The molecule has 0 saturated carbocycles. The second-order valence-corrected chi connectivity index (χ2v) is 14.1. The van der Waals surface area contributed by atoms with E-state index in [4.69, 9.17) is 5.41 Å². The van der Waals surface area contributed by atoms with Gasteiger partial charge in [0.25, 0.3) is 0 Å². The van der Waals surface area contributed by atoms with Gasteiger partial charge >= 0.3 is 0 Å². The summed E-state index contributed by atoms with van der Waals surface area (Å²) in [5.74, 6) is 0. The lowest BCUT2D eigenvalue weighted by Crippen LogP contribution is -2.14. The van der Waals surface area contributed by atoms with E-state index in [0.717, 1.165) is 64.3 Å². The van der Waals surface area contributed by atoms with Gasteiger partial charge < -0.3 is 20.6 Å². The Labute approximate surface area is 318 Å². The predicted octanol–water partition coefficient (Wildman–Crippen LogP) is 12.8. The number of aryl methyl sites for hydroxylation is 3. The molecule has 0 saturated heterocycles. The highest BCUT2D eigenvalue weighted by atomic mass is 15.0. The topological polar surface area (TPSA) is 52.8 Å². The first-order chi connectivity index (χ1) is 26.5. The zero-order valence-corrected chi connectivity index (χ0v) is 31.3. The van der Waals surface area contributed by atoms with Crippen molar-refractivity contribution in [1.82, 2.24) is 4.57 Å². The maximum Gasteiger partial charge on any atom is 0.0733 e. The highest BCUT2D eigenvalue weighted by Crippen LogP contribution is 2.43. The van der Waals surface area contributed by atoms with Crippen LogP contribution in [0.4, 0.5) is 11.4 Å². The molecule has 3 N–H and O–H groups in total. The molecule has 266 valence electrons. The summed E-state index contributed by atoms with van der Waals surface area (Å²) >= 11 is 0. The van der Waals surface area contributed by atoms with Crippen LogP contribution in [-0.2, 0) is 19.3 Å². The van der Waals surface area contributed by atoms with Crippen molar-refractivity contribution < 1.29 is 0 Å². The van der Waals surface area contributed by atoms with Crippen molar-refractivity contribution in [3.63, 3.8) is 0 Å². The maximum atomic E-state index is 7.58. The minimum Gasteiger partial charge on any atom is -0.388 e. The van der Waals surface area contributed by atoms with E-state index in [-0.39, 0.29) is 6.04 Å². The van der Waals surface area contributed by atoms with Crippen molar-refractivity contribution in [2.45, 2.75) is 39.2 Å². The van der Waals surface area contributed by atoms with Gasteiger partial charge in [0, 0.05) is 52.5 Å². The van der Waals surface area contributed by atoms with Gasteiger partial charge in [0.2, 0.25) is 0 Å². The van der Waals surface area contributed by atoms with Crippen LogP contribution in [-0.4, -0.2) is 17.8 Å². The molecule has 0 aliphatic heterocycles. The minimum atomic E-state index is -0.105. The highest BCUT2D eigenvalue weighted by Gasteiger charge is 2.23. The maximum absolute atomic E-state index is 7.58. The predicted molar refractivity (Wildman–Crippen MR) is 233 cm³/mol. The average molecular weight is 703 g/mol. The summed E-state index contributed by atoms with van der Waals surface area (Å²) in [7, 11) is 1.99. The van der Waals surface area contributed by atoms with Gasteiger partial charge in [-0.1, -0.05) is 111 Å². The second kappa shape index (κ2) is 14.9. The van der Waals surface area contributed by atoms with Crippen LogP contribution in [0.5, 0.6) is 0 Å². The van der Waals surface area contributed by atoms with Crippen LogP contribution in [0.3, 0.4) is 0 Å². The summed E-state index contributed by atoms with van der Waals surface area (Å²) in [6.07, 6.45) is 12.3. The van der Waals surface area contributed by atoms with Gasteiger partial charge in [-0.2, -0.15) is 0 Å². The first kappa shape index (κ1) is 34.7. The fraction of sp³-hybridized carbons (Fsp3) is 0.140. The van der Waals surface area contributed by atoms with Crippen LogP contribution < -0.4 is 10.6 Å². The molecule has 1 aliphatic carbocycles. The van der Waals surface area contributed by atoms with E-state index >= 15 is 0 Å². The van der Waals surface area contributed by atoms with E-state index in [0.29, 0.717) is 0 Å². The van der Waals surface area contributed by atoms with Crippen LogP contribution in [0.2, 0.25) is 0 Å². The van der Waals surface area contributed by atoms with Crippen LogP contribution in [0, 0.1) is 5.41 Å². The van der Waals surface area contributed by atoms with Crippen LogP contribution >= 0.6 is 0 Å². The Kier molecular flexibility index (Phi) is 9.58. The zero-order chi connectivity index (χ0) is 37.2. The van der Waals surface area contributed by atoms with Crippen molar-refractivity contribution in [1.29, 1.82) is 5.41 Å². The molecule has 54 heavy (non-hydrogen) atoms. The van der Waals surface area contributed by atoms with Crippen molar-refractivity contribution >= 4 is 45.3 Å². The fourth-order valence-corrected chi connectivity index (χ4v) is 8.48. The number of benzene rings is 6. The lowest BCUT2D eigenvalue weighted by Gasteiger charge is -2.26. The molecular formula is C50H46N4. The number of hydrogen-bond donors (Lipinski definition) is 3. The third kappa shape index (κ3) is 6.14. The Morgan fingerprint density at radius 1 is 0.778 bits per heavy atom. The summed E-state index contributed by atoms with van der Waals surface area (Å²) in [5.41, 5.74) is 16.7. The van der Waals surface area contributed by atoms with Crippen LogP contribution in [0.1, 0.15) is 47.8 Å². The lowest BCUT2D eigenvalue weighted by molar-refractivity contribution is 0.920. The monoisotopic (exact) mass is 702 g/mol. The molecule has 1 aromatic heterocycles. The van der Waals surface area contributed by atoms with Gasteiger partial charge in [-0.25, -0.2) is 0 Å². The molecule has 4 nitrogen and oxygen atoms in total. The van der Waals surface area contributed by atoms with E-state index < -0.39 is 0 Å². The van der Waals surface area contributed by atoms with Crippen LogP contribution in [0.25, 0.3) is 55.7 Å². The molecule has 4 heteroatoms. The first-order valence-corrected chi connectivity index (χ1v) is 18.9. The van der Waals surface area contributed by atoms with Gasteiger partial charge in [0.15, 0.2) is 0 Å². The zero-order valence-electron chi connectivity index (χ0n) is 31.3. The molecule has 1 heterocycles.